The fourth-order valence-corrected chi connectivity index (χ4v) is 2.42. The predicted molar refractivity (Wildman–Crippen MR) is 73.3 cm³/mol. The van der Waals surface area contributed by atoms with Gasteiger partial charge in [0, 0.05) is 18.7 Å². The molecule has 0 amide bonds. The van der Waals surface area contributed by atoms with E-state index in [0.29, 0.717) is 23.3 Å². The molecule has 0 bridgehead atoms. The summed E-state index contributed by atoms with van der Waals surface area (Å²) >= 11 is 0. The second-order valence-corrected chi connectivity index (χ2v) is 4.83. The zero-order valence-electron chi connectivity index (χ0n) is 11.1. The van der Waals surface area contributed by atoms with Crippen LogP contribution in [0.1, 0.15) is 21.7 Å². The standard InChI is InChI=1S/C15H14N2O2/c1-9-4-10(2)6-11(5-9)14-16-13-7-12(8-18)19-15(13)17(14)3/h4-8H,1-3H3. The molecule has 3 rings (SSSR count). The van der Waals surface area contributed by atoms with Gasteiger partial charge in [0.25, 0.3) is 0 Å². The summed E-state index contributed by atoms with van der Waals surface area (Å²) in [5.41, 5.74) is 4.78. The smallest absolute Gasteiger partial charge is 0.227 e. The Morgan fingerprint density at radius 1 is 1.16 bits per heavy atom. The van der Waals surface area contributed by atoms with Gasteiger partial charge in [-0.3, -0.25) is 9.36 Å². The summed E-state index contributed by atoms with van der Waals surface area (Å²) in [6.45, 7) is 4.13. The first-order chi connectivity index (χ1) is 9.08. The van der Waals surface area contributed by atoms with Crippen molar-refractivity contribution in [2.24, 2.45) is 7.05 Å². The lowest BCUT2D eigenvalue weighted by molar-refractivity contribution is 0.110. The van der Waals surface area contributed by atoms with Crippen molar-refractivity contribution in [3.63, 3.8) is 0 Å². The summed E-state index contributed by atoms with van der Waals surface area (Å²) in [7, 11) is 1.89. The van der Waals surface area contributed by atoms with E-state index in [4.69, 9.17) is 4.42 Å². The quantitative estimate of drug-likeness (QED) is 0.659. The van der Waals surface area contributed by atoms with Crippen LogP contribution in [0.3, 0.4) is 0 Å². The first-order valence-corrected chi connectivity index (χ1v) is 6.08. The van der Waals surface area contributed by atoms with Gasteiger partial charge in [-0.1, -0.05) is 17.2 Å². The number of hydrogen-bond donors (Lipinski definition) is 0. The van der Waals surface area contributed by atoms with Crippen molar-refractivity contribution in [1.82, 2.24) is 9.55 Å². The van der Waals surface area contributed by atoms with E-state index in [-0.39, 0.29) is 0 Å². The fourth-order valence-electron chi connectivity index (χ4n) is 2.42. The van der Waals surface area contributed by atoms with Crippen LogP contribution in [0.2, 0.25) is 0 Å². The van der Waals surface area contributed by atoms with Crippen LogP contribution in [-0.4, -0.2) is 15.8 Å². The molecule has 0 N–H and O–H groups in total. The monoisotopic (exact) mass is 254 g/mol. The minimum atomic E-state index is 0.306. The summed E-state index contributed by atoms with van der Waals surface area (Å²) in [5.74, 6) is 1.15. The number of aryl methyl sites for hydroxylation is 3. The van der Waals surface area contributed by atoms with Gasteiger partial charge < -0.3 is 4.42 Å². The van der Waals surface area contributed by atoms with Crippen molar-refractivity contribution in [2.75, 3.05) is 0 Å². The van der Waals surface area contributed by atoms with Crippen molar-refractivity contribution in [3.05, 3.63) is 41.2 Å². The molecule has 96 valence electrons. The number of aromatic nitrogens is 2. The lowest BCUT2D eigenvalue weighted by Gasteiger charge is -2.05. The molecule has 0 unspecified atom stereocenters. The summed E-state index contributed by atoms with van der Waals surface area (Å²) < 4.78 is 7.31. The average molecular weight is 254 g/mol. The number of benzene rings is 1. The van der Waals surface area contributed by atoms with E-state index in [9.17, 15) is 4.79 Å². The van der Waals surface area contributed by atoms with E-state index in [1.165, 1.54) is 11.1 Å². The normalized spacial score (nSPS) is 11.1. The first-order valence-electron chi connectivity index (χ1n) is 6.08. The molecule has 0 radical (unpaired) electrons. The lowest BCUT2D eigenvalue weighted by atomic mass is 10.1. The maximum atomic E-state index is 10.7. The number of fused-ring (bicyclic) bond motifs is 1. The van der Waals surface area contributed by atoms with E-state index < -0.39 is 0 Å². The molecule has 4 heteroatoms. The highest BCUT2D eigenvalue weighted by atomic mass is 16.4. The van der Waals surface area contributed by atoms with Crippen LogP contribution in [0.25, 0.3) is 22.6 Å². The summed E-state index contributed by atoms with van der Waals surface area (Å²) in [4.78, 5) is 15.2. The van der Waals surface area contributed by atoms with Gasteiger partial charge >= 0.3 is 0 Å². The molecule has 0 aliphatic heterocycles. The molecule has 0 fully saturated rings. The summed E-state index contributed by atoms with van der Waals surface area (Å²) in [5, 5.41) is 0. The number of carbonyl (C=O) groups is 1. The predicted octanol–water partition coefficient (Wildman–Crippen LogP) is 3.26. The molecule has 0 saturated carbocycles. The second-order valence-electron chi connectivity index (χ2n) is 4.83. The zero-order valence-corrected chi connectivity index (χ0v) is 11.1. The maximum absolute atomic E-state index is 10.7. The van der Waals surface area contributed by atoms with Crippen molar-refractivity contribution in [3.8, 4) is 11.4 Å². The van der Waals surface area contributed by atoms with Gasteiger partial charge in [-0.25, -0.2) is 4.98 Å². The van der Waals surface area contributed by atoms with Gasteiger partial charge in [0.1, 0.15) is 11.3 Å². The highest BCUT2D eigenvalue weighted by molar-refractivity contribution is 5.83. The van der Waals surface area contributed by atoms with Crippen LogP contribution in [0.15, 0.2) is 28.7 Å². The Labute approximate surface area is 110 Å². The van der Waals surface area contributed by atoms with E-state index >= 15 is 0 Å². The second kappa shape index (κ2) is 4.09. The van der Waals surface area contributed by atoms with Crippen molar-refractivity contribution in [2.45, 2.75) is 13.8 Å². The largest absolute Gasteiger partial charge is 0.435 e. The molecule has 2 heterocycles. The van der Waals surface area contributed by atoms with Crippen LogP contribution < -0.4 is 0 Å². The molecule has 2 aromatic heterocycles. The topological polar surface area (TPSA) is 48.0 Å². The molecule has 0 spiro atoms. The third-order valence-electron chi connectivity index (χ3n) is 3.16. The number of hydrogen-bond acceptors (Lipinski definition) is 3. The molecule has 0 aliphatic carbocycles. The first kappa shape index (κ1) is 11.7. The van der Waals surface area contributed by atoms with Gasteiger partial charge in [-0.15, -0.1) is 0 Å². The molecule has 4 nitrogen and oxygen atoms in total. The Hall–Kier alpha value is -2.36. The van der Waals surface area contributed by atoms with E-state index in [2.05, 4.69) is 37.0 Å². The Morgan fingerprint density at radius 2 is 1.84 bits per heavy atom. The van der Waals surface area contributed by atoms with Crippen LogP contribution >= 0.6 is 0 Å². The highest BCUT2D eigenvalue weighted by Crippen LogP contribution is 2.26. The van der Waals surface area contributed by atoms with E-state index in [1.807, 2.05) is 11.6 Å². The van der Waals surface area contributed by atoms with Crippen molar-refractivity contribution < 1.29 is 9.21 Å². The van der Waals surface area contributed by atoms with Crippen molar-refractivity contribution in [1.29, 1.82) is 0 Å². The average Bonchev–Trinajstić information content (AvgIpc) is 2.88. The number of aldehydes is 1. The van der Waals surface area contributed by atoms with Gasteiger partial charge in [-0.2, -0.15) is 0 Å². The molecule has 19 heavy (non-hydrogen) atoms. The summed E-state index contributed by atoms with van der Waals surface area (Å²) in [6, 6.07) is 7.97. The Balaban J connectivity index is 2.22. The highest BCUT2D eigenvalue weighted by Gasteiger charge is 2.14. The molecular weight excluding hydrogens is 240 g/mol. The van der Waals surface area contributed by atoms with Crippen molar-refractivity contribution >= 4 is 17.5 Å². The lowest BCUT2D eigenvalue weighted by Crippen LogP contribution is -1.93. The van der Waals surface area contributed by atoms with E-state index in [1.54, 1.807) is 6.07 Å². The Bertz CT molecular complexity index is 761. The molecular formula is C15H14N2O2. The number of rotatable bonds is 2. The molecule has 3 aromatic rings. The minimum absolute atomic E-state index is 0.306. The molecule has 0 aliphatic rings. The zero-order chi connectivity index (χ0) is 13.6. The van der Waals surface area contributed by atoms with Gasteiger partial charge in [0.15, 0.2) is 12.0 Å². The SMILES string of the molecule is Cc1cc(C)cc(-c2nc3cc(C=O)oc3n2C)c1. The Morgan fingerprint density at radius 3 is 2.42 bits per heavy atom. The van der Waals surface area contributed by atoms with Crippen LogP contribution in [-0.2, 0) is 7.05 Å². The van der Waals surface area contributed by atoms with Gasteiger partial charge in [0.05, 0.1) is 0 Å². The number of furan rings is 1. The minimum Gasteiger partial charge on any atom is -0.435 e. The molecule has 1 aromatic carbocycles. The molecule has 0 atom stereocenters. The number of imidazole rings is 1. The maximum Gasteiger partial charge on any atom is 0.227 e. The van der Waals surface area contributed by atoms with Crippen LogP contribution in [0.5, 0.6) is 0 Å². The molecule has 0 saturated heterocycles. The van der Waals surface area contributed by atoms with Crippen LogP contribution in [0.4, 0.5) is 0 Å². The van der Waals surface area contributed by atoms with E-state index in [0.717, 1.165) is 11.4 Å². The van der Waals surface area contributed by atoms with Gasteiger partial charge in [0.2, 0.25) is 5.71 Å². The third kappa shape index (κ3) is 1.85. The number of carbonyl (C=O) groups excluding carboxylic acids is 1. The number of nitrogens with zero attached hydrogens (tertiary/aromatic N) is 2. The third-order valence-corrected chi connectivity index (χ3v) is 3.16. The fraction of sp³-hybridized carbons (Fsp3) is 0.200. The van der Waals surface area contributed by atoms with Gasteiger partial charge in [-0.05, 0) is 26.0 Å². The van der Waals surface area contributed by atoms with Crippen LogP contribution in [0, 0.1) is 13.8 Å². The summed E-state index contributed by atoms with van der Waals surface area (Å²) in [6.07, 6.45) is 0.693. The Kier molecular flexibility index (Phi) is 2.52.